The fourth-order valence-corrected chi connectivity index (χ4v) is 3.24. The highest BCUT2D eigenvalue weighted by Gasteiger charge is 2.23. The number of benzene rings is 1. The Labute approximate surface area is 156 Å². The third-order valence-electron chi connectivity index (χ3n) is 4.57. The van der Waals surface area contributed by atoms with Crippen LogP contribution in [0.4, 0.5) is 5.69 Å². The Morgan fingerprint density at radius 3 is 2.96 bits per heavy atom. The van der Waals surface area contributed by atoms with Gasteiger partial charge in [-0.3, -0.25) is 9.59 Å². The van der Waals surface area contributed by atoms with Crippen LogP contribution in [0.2, 0.25) is 5.02 Å². The normalized spacial score (nSPS) is 16.7. The smallest absolute Gasteiger partial charge is 0.268 e. The largest absolute Gasteiger partial charge is 0.506 e. The molecule has 0 aliphatic carbocycles. The molecular formula is C18H21ClN4O3. The topological polar surface area (TPSA) is 87.5 Å². The first-order valence-electron chi connectivity index (χ1n) is 8.45. The first-order chi connectivity index (χ1) is 12.4. The quantitative estimate of drug-likeness (QED) is 0.821. The van der Waals surface area contributed by atoms with Gasteiger partial charge in [-0.1, -0.05) is 17.7 Å². The second kappa shape index (κ2) is 7.78. The number of amides is 1. The van der Waals surface area contributed by atoms with Crippen molar-refractivity contribution in [3.8, 4) is 5.75 Å². The first-order valence-corrected chi connectivity index (χ1v) is 8.82. The fraction of sp³-hybridized carbons (Fsp3) is 0.389. The molecule has 1 atom stereocenters. The molecule has 1 aliphatic heterocycles. The van der Waals surface area contributed by atoms with Crippen molar-refractivity contribution in [3.63, 3.8) is 0 Å². The summed E-state index contributed by atoms with van der Waals surface area (Å²) in [6.45, 7) is 2.20. The molecule has 26 heavy (non-hydrogen) atoms. The molecule has 1 saturated heterocycles. The van der Waals surface area contributed by atoms with E-state index in [4.69, 9.17) is 11.6 Å². The van der Waals surface area contributed by atoms with Gasteiger partial charge in [-0.05, 0) is 30.0 Å². The van der Waals surface area contributed by atoms with E-state index in [1.54, 1.807) is 31.4 Å². The van der Waals surface area contributed by atoms with Gasteiger partial charge in [0.2, 0.25) is 5.91 Å². The Balaban J connectivity index is 1.49. The van der Waals surface area contributed by atoms with Crippen LogP contribution in [0.25, 0.3) is 0 Å². The van der Waals surface area contributed by atoms with Crippen LogP contribution in [0, 0.1) is 5.92 Å². The second-order valence-corrected chi connectivity index (χ2v) is 6.95. The van der Waals surface area contributed by atoms with E-state index in [9.17, 15) is 14.7 Å². The first kappa shape index (κ1) is 18.3. The number of nitrogens with zero attached hydrogens (tertiary/aromatic N) is 3. The fourth-order valence-electron chi connectivity index (χ4n) is 3.03. The number of aryl methyl sites for hydroxylation is 1. The highest BCUT2D eigenvalue weighted by Crippen LogP contribution is 2.24. The van der Waals surface area contributed by atoms with E-state index in [1.807, 2.05) is 0 Å². The molecule has 1 aromatic carbocycles. The van der Waals surface area contributed by atoms with Crippen molar-refractivity contribution in [2.75, 3.05) is 24.5 Å². The van der Waals surface area contributed by atoms with Gasteiger partial charge >= 0.3 is 0 Å². The van der Waals surface area contributed by atoms with E-state index in [0.29, 0.717) is 12.5 Å². The number of anilines is 1. The SMILES string of the molecule is Cn1ncc(N2CCC(CNC(=O)Cc3ccc(O)c(Cl)c3)C2)cc1=O. The molecule has 0 spiro atoms. The van der Waals surface area contributed by atoms with Crippen LogP contribution in [-0.2, 0) is 18.3 Å². The molecule has 7 nitrogen and oxygen atoms in total. The van der Waals surface area contributed by atoms with Crippen LogP contribution in [0.5, 0.6) is 5.75 Å². The standard InChI is InChI=1S/C18H21ClN4O3/c1-22-18(26)8-14(10-21-22)23-5-4-13(11-23)9-20-17(25)7-12-2-3-16(24)15(19)6-12/h2-3,6,8,10,13,24H,4-5,7,9,11H2,1H3,(H,20,25). The number of aromatic hydroxyl groups is 1. The minimum Gasteiger partial charge on any atom is -0.506 e. The lowest BCUT2D eigenvalue weighted by atomic mass is 10.1. The van der Waals surface area contributed by atoms with Crippen LogP contribution in [-0.4, -0.2) is 40.4 Å². The minimum absolute atomic E-state index is 0.00658. The van der Waals surface area contributed by atoms with Gasteiger partial charge in [0.25, 0.3) is 5.56 Å². The molecule has 3 rings (SSSR count). The summed E-state index contributed by atoms with van der Waals surface area (Å²) in [6.07, 6.45) is 2.85. The molecule has 1 aliphatic rings. The zero-order valence-corrected chi connectivity index (χ0v) is 15.2. The number of halogens is 1. The van der Waals surface area contributed by atoms with Gasteiger partial charge in [0.15, 0.2) is 0 Å². The summed E-state index contributed by atoms with van der Waals surface area (Å²) in [6, 6.07) is 6.35. The molecule has 2 N–H and O–H groups in total. The van der Waals surface area contributed by atoms with E-state index < -0.39 is 0 Å². The molecule has 0 radical (unpaired) electrons. The molecule has 0 bridgehead atoms. The zero-order chi connectivity index (χ0) is 18.7. The van der Waals surface area contributed by atoms with E-state index in [2.05, 4.69) is 15.3 Å². The number of hydrogen-bond acceptors (Lipinski definition) is 5. The Morgan fingerprint density at radius 2 is 2.23 bits per heavy atom. The number of phenols is 1. The van der Waals surface area contributed by atoms with Crippen molar-refractivity contribution >= 4 is 23.2 Å². The molecule has 0 saturated carbocycles. The van der Waals surface area contributed by atoms with Crippen LogP contribution in [0.1, 0.15) is 12.0 Å². The minimum atomic E-state index is -0.133. The van der Waals surface area contributed by atoms with Gasteiger partial charge in [0.05, 0.1) is 23.3 Å². The molecule has 2 aromatic rings. The van der Waals surface area contributed by atoms with Crippen LogP contribution in [0.3, 0.4) is 0 Å². The molecule has 1 amide bonds. The Hall–Kier alpha value is -2.54. The summed E-state index contributed by atoms with van der Waals surface area (Å²) in [7, 11) is 1.62. The van der Waals surface area contributed by atoms with Gasteiger partial charge in [-0.25, -0.2) is 4.68 Å². The van der Waals surface area contributed by atoms with E-state index >= 15 is 0 Å². The number of aromatic nitrogens is 2. The molecule has 138 valence electrons. The number of rotatable bonds is 5. The van der Waals surface area contributed by atoms with Crippen molar-refractivity contribution in [1.29, 1.82) is 0 Å². The lowest BCUT2D eigenvalue weighted by molar-refractivity contribution is -0.120. The van der Waals surface area contributed by atoms with Crippen LogP contribution in [0.15, 0.2) is 35.3 Å². The molecule has 8 heteroatoms. The average Bonchev–Trinajstić information content (AvgIpc) is 3.08. The second-order valence-electron chi connectivity index (χ2n) is 6.54. The van der Waals surface area contributed by atoms with Gasteiger partial charge in [0, 0.05) is 32.7 Å². The maximum Gasteiger partial charge on any atom is 0.268 e. The van der Waals surface area contributed by atoms with Crippen LogP contribution < -0.4 is 15.8 Å². The third kappa shape index (κ3) is 4.35. The number of carbonyl (C=O) groups excluding carboxylic acids is 1. The Morgan fingerprint density at radius 1 is 1.42 bits per heavy atom. The van der Waals surface area contributed by atoms with Gasteiger partial charge in [-0.2, -0.15) is 5.10 Å². The lowest BCUT2D eigenvalue weighted by Gasteiger charge is -2.18. The summed E-state index contributed by atoms with van der Waals surface area (Å²) in [5.74, 6) is 0.249. The van der Waals surface area contributed by atoms with E-state index in [0.717, 1.165) is 30.8 Å². The highest BCUT2D eigenvalue weighted by atomic mass is 35.5. The van der Waals surface area contributed by atoms with Crippen molar-refractivity contribution in [2.24, 2.45) is 13.0 Å². The number of carbonyl (C=O) groups is 1. The zero-order valence-electron chi connectivity index (χ0n) is 14.5. The predicted octanol–water partition coefficient (Wildman–Crippen LogP) is 1.32. The molecule has 1 fully saturated rings. The van der Waals surface area contributed by atoms with Gasteiger partial charge < -0.3 is 15.3 Å². The molecular weight excluding hydrogens is 356 g/mol. The average molecular weight is 377 g/mol. The van der Waals surface area contributed by atoms with E-state index in [-0.39, 0.29) is 28.7 Å². The summed E-state index contributed by atoms with van der Waals surface area (Å²) in [4.78, 5) is 25.9. The third-order valence-corrected chi connectivity index (χ3v) is 4.87. The van der Waals surface area contributed by atoms with Gasteiger partial charge in [-0.15, -0.1) is 0 Å². The highest BCUT2D eigenvalue weighted by molar-refractivity contribution is 6.32. The van der Waals surface area contributed by atoms with Crippen LogP contribution >= 0.6 is 11.6 Å². The van der Waals surface area contributed by atoms with Crippen molar-refractivity contribution in [1.82, 2.24) is 15.1 Å². The monoisotopic (exact) mass is 376 g/mol. The number of phenolic OH excluding ortho intramolecular Hbond substituents is 1. The number of nitrogens with one attached hydrogen (secondary N) is 1. The molecule has 1 unspecified atom stereocenters. The number of hydrogen-bond donors (Lipinski definition) is 2. The maximum atomic E-state index is 12.1. The van der Waals surface area contributed by atoms with Crippen molar-refractivity contribution < 1.29 is 9.90 Å². The predicted molar refractivity (Wildman–Crippen MR) is 99.6 cm³/mol. The van der Waals surface area contributed by atoms with Crippen molar-refractivity contribution in [2.45, 2.75) is 12.8 Å². The summed E-state index contributed by atoms with van der Waals surface area (Å²) in [5.41, 5.74) is 1.44. The maximum absolute atomic E-state index is 12.1. The van der Waals surface area contributed by atoms with E-state index in [1.165, 1.54) is 10.7 Å². The van der Waals surface area contributed by atoms with Crippen molar-refractivity contribution in [3.05, 3.63) is 51.4 Å². The molecule has 2 heterocycles. The summed E-state index contributed by atoms with van der Waals surface area (Å²) >= 11 is 5.86. The molecule has 1 aromatic heterocycles. The Bertz CT molecular complexity index is 868. The summed E-state index contributed by atoms with van der Waals surface area (Å²) in [5, 5.41) is 16.6. The summed E-state index contributed by atoms with van der Waals surface area (Å²) < 4.78 is 1.30. The lowest BCUT2D eigenvalue weighted by Crippen LogP contribution is -2.32. The Kier molecular flexibility index (Phi) is 5.46. The van der Waals surface area contributed by atoms with Gasteiger partial charge in [0.1, 0.15) is 5.75 Å².